The van der Waals surface area contributed by atoms with Crippen LogP contribution in [0.1, 0.15) is 10.4 Å². The van der Waals surface area contributed by atoms with Crippen LogP contribution in [0.2, 0.25) is 5.02 Å². The standard InChI is InChI=1S/C17H18ClO4P.Li.H/c1-20-10-11-22-12-6-8-13(9-7-12)23-17(19)16-14(18)4-3-5-15(16)21-2;;/h3-9,23H,10-11H2,1-2H3;;. The average molecular weight is 361 g/mol. The Labute approximate surface area is 160 Å². The Morgan fingerprint density at radius 2 is 1.79 bits per heavy atom. The van der Waals surface area contributed by atoms with Gasteiger partial charge in [0.1, 0.15) is 18.1 Å². The Bertz CT molecular complexity index is 664. The first-order valence-electron chi connectivity index (χ1n) is 7.01. The van der Waals surface area contributed by atoms with Crippen LogP contribution in [0.15, 0.2) is 42.5 Å². The van der Waals surface area contributed by atoms with E-state index >= 15 is 0 Å². The molecule has 24 heavy (non-hydrogen) atoms. The predicted molar refractivity (Wildman–Crippen MR) is 101 cm³/mol. The van der Waals surface area contributed by atoms with Crippen LogP contribution in [0.3, 0.4) is 0 Å². The van der Waals surface area contributed by atoms with Crippen molar-refractivity contribution in [2.75, 3.05) is 27.4 Å². The fraction of sp³-hybridized carbons (Fsp3) is 0.235. The van der Waals surface area contributed by atoms with Gasteiger partial charge in [-0.3, -0.25) is 4.79 Å². The molecule has 0 aliphatic rings. The second-order valence-corrected chi connectivity index (χ2v) is 6.33. The number of hydrogen-bond acceptors (Lipinski definition) is 4. The summed E-state index contributed by atoms with van der Waals surface area (Å²) in [5, 5.41) is 1.32. The fourth-order valence-electron chi connectivity index (χ4n) is 1.97. The molecule has 1 atom stereocenters. The van der Waals surface area contributed by atoms with E-state index in [9.17, 15) is 4.79 Å². The van der Waals surface area contributed by atoms with Gasteiger partial charge in [-0.05, 0) is 38.2 Å². The van der Waals surface area contributed by atoms with Gasteiger partial charge in [-0.15, -0.1) is 0 Å². The quantitative estimate of drug-likeness (QED) is 0.412. The third-order valence-corrected chi connectivity index (χ3v) is 4.50. The molecule has 124 valence electrons. The number of rotatable bonds is 8. The summed E-state index contributed by atoms with van der Waals surface area (Å²) in [6.45, 7) is 1.03. The second kappa shape index (κ2) is 10.8. The molecular weight excluding hydrogens is 342 g/mol. The molecule has 2 rings (SSSR count). The van der Waals surface area contributed by atoms with Crippen molar-refractivity contribution in [1.82, 2.24) is 0 Å². The molecule has 4 nitrogen and oxygen atoms in total. The van der Waals surface area contributed by atoms with Crippen LogP contribution < -0.4 is 14.8 Å². The van der Waals surface area contributed by atoms with E-state index in [1.54, 1.807) is 25.3 Å². The van der Waals surface area contributed by atoms with Crippen molar-refractivity contribution in [3.8, 4) is 11.5 Å². The third-order valence-electron chi connectivity index (χ3n) is 3.09. The van der Waals surface area contributed by atoms with Crippen LogP contribution in [0.5, 0.6) is 11.5 Å². The molecule has 0 fully saturated rings. The van der Waals surface area contributed by atoms with Crippen molar-refractivity contribution in [3.05, 3.63) is 53.1 Å². The molecule has 7 heteroatoms. The summed E-state index contributed by atoms with van der Waals surface area (Å²) in [5.74, 6) is 1.24. The number of hydrogen-bond donors (Lipinski definition) is 0. The molecular formula is C17H19ClLiO4P. The molecule has 0 N–H and O–H groups in total. The van der Waals surface area contributed by atoms with Gasteiger partial charge in [-0.25, -0.2) is 0 Å². The molecule has 0 aliphatic heterocycles. The van der Waals surface area contributed by atoms with E-state index in [1.807, 2.05) is 24.3 Å². The van der Waals surface area contributed by atoms with Crippen molar-refractivity contribution >= 4 is 49.9 Å². The van der Waals surface area contributed by atoms with Gasteiger partial charge in [0, 0.05) is 7.11 Å². The topological polar surface area (TPSA) is 44.8 Å². The van der Waals surface area contributed by atoms with E-state index in [4.69, 9.17) is 25.8 Å². The summed E-state index contributed by atoms with van der Waals surface area (Å²) >= 11 is 6.14. The molecule has 2 aromatic carbocycles. The van der Waals surface area contributed by atoms with Crippen LogP contribution in [-0.2, 0) is 4.74 Å². The molecule has 0 radical (unpaired) electrons. The Kier molecular flexibility index (Phi) is 9.44. The zero-order valence-electron chi connectivity index (χ0n) is 13.0. The van der Waals surface area contributed by atoms with Crippen LogP contribution >= 0.6 is 20.2 Å². The molecule has 0 aliphatic carbocycles. The Hall–Kier alpha value is -1.01. The summed E-state index contributed by atoms with van der Waals surface area (Å²) in [7, 11) is 3.12. The van der Waals surface area contributed by atoms with Gasteiger partial charge >= 0.3 is 18.9 Å². The van der Waals surface area contributed by atoms with Crippen LogP contribution in [0.4, 0.5) is 0 Å². The van der Waals surface area contributed by atoms with Gasteiger partial charge in [0.05, 0.1) is 24.3 Å². The van der Waals surface area contributed by atoms with Crippen molar-refractivity contribution in [2.24, 2.45) is 0 Å². The van der Waals surface area contributed by atoms with Crippen LogP contribution in [-0.4, -0.2) is 51.8 Å². The van der Waals surface area contributed by atoms with E-state index in [2.05, 4.69) is 0 Å². The molecule has 0 saturated heterocycles. The Balaban J connectivity index is 0.00000288. The summed E-state index contributed by atoms with van der Waals surface area (Å²) in [4.78, 5) is 12.5. The van der Waals surface area contributed by atoms with Gasteiger partial charge in [0.25, 0.3) is 0 Å². The van der Waals surface area contributed by atoms with Crippen molar-refractivity contribution in [1.29, 1.82) is 0 Å². The van der Waals surface area contributed by atoms with E-state index in [0.717, 1.165) is 11.1 Å². The average Bonchev–Trinajstić information content (AvgIpc) is 2.56. The van der Waals surface area contributed by atoms with Gasteiger partial charge in [0.2, 0.25) is 0 Å². The van der Waals surface area contributed by atoms with Gasteiger partial charge in [0.15, 0.2) is 5.52 Å². The zero-order chi connectivity index (χ0) is 16.7. The zero-order valence-corrected chi connectivity index (χ0v) is 14.7. The summed E-state index contributed by atoms with van der Waals surface area (Å²) < 4.78 is 15.7. The summed E-state index contributed by atoms with van der Waals surface area (Å²) in [6, 6.07) is 12.6. The van der Waals surface area contributed by atoms with E-state index < -0.39 is 0 Å². The van der Waals surface area contributed by atoms with Crippen LogP contribution in [0, 0.1) is 0 Å². The van der Waals surface area contributed by atoms with Gasteiger partial charge in [-0.2, -0.15) is 0 Å². The maximum absolute atomic E-state index is 12.5. The molecule has 0 saturated carbocycles. The molecule has 1 unspecified atom stereocenters. The molecule has 0 bridgehead atoms. The second-order valence-electron chi connectivity index (χ2n) is 4.64. The SMILES string of the molecule is COCCOc1ccc(PC(=O)c2c(Cl)cccc2OC)cc1.[LiH]. The Morgan fingerprint density at radius 1 is 1.08 bits per heavy atom. The first-order valence-corrected chi connectivity index (χ1v) is 8.39. The first kappa shape index (κ1) is 21.0. The normalized spacial score (nSPS) is 10.5. The van der Waals surface area contributed by atoms with E-state index in [1.165, 1.54) is 7.11 Å². The maximum atomic E-state index is 12.5. The Morgan fingerprint density at radius 3 is 2.42 bits per heavy atom. The summed E-state index contributed by atoms with van der Waals surface area (Å²) in [6.07, 6.45) is 0. The molecule has 0 aromatic heterocycles. The molecule has 0 amide bonds. The third kappa shape index (κ3) is 5.81. The van der Waals surface area contributed by atoms with Gasteiger partial charge < -0.3 is 14.2 Å². The first-order chi connectivity index (χ1) is 11.2. The van der Waals surface area contributed by atoms with Crippen molar-refractivity contribution in [3.63, 3.8) is 0 Å². The number of halogens is 1. The number of carbonyl (C=O) groups is 1. The number of methoxy groups -OCH3 is 2. The molecule has 0 heterocycles. The van der Waals surface area contributed by atoms with Crippen LogP contribution in [0.25, 0.3) is 0 Å². The van der Waals surface area contributed by atoms with E-state index in [-0.39, 0.29) is 33.0 Å². The van der Waals surface area contributed by atoms with Gasteiger partial charge in [-0.1, -0.05) is 29.8 Å². The monoisotopic (exact) mass is 360 g/mol. The fourth-order valence-corrected chi connectivity index (χ4v) is 3.28. The predicted octanol–water partition coefficient (Wildman–Crippen LogP) is 2.87. The summed E-state index contributed by atoms with van der Waals surface area (Å²) in [5.41, 5.74) is 0.371. The molecule has 2 aromatic rings. The number of benzene rings is 2. The number of ether oxygens (including phenoxy) is 3. The molecule has 0 spiro atoms. The minimum absolute atomic E-state index is 0. The van der Waals surface area contributed by atoms with Crippen molar-refractivity contribution in [2.45, 2.75) is 0 Å². The van der Waals surface area contributed by atoms with E-state index in [0.29, 0.717) is 29.5 Å². The minimum atomic E-state index is -0.0551. The number of carbonyl (C=O) groups excluding carboxylic acids is 1. The van der Waals surface area contributed by atoms with Crippen molar-refractivity contribution < 1.29 is 19.0 Å².